The highest BCUT2D eigenvalue weighted by Crippen LogP contribution is 2.17. The van der Waals surface area contributed by atoms with E-state index in [9.17, 15) is 14.4 Å². The van der Waals surface area contributed by atoms with Crippen molar-refractivity contribution in [1.82, 2.24) is 4.90 Å². The number of hydrogen-bond acceptors (Lipinski definition) is 3. The summed E-state index contributed by atoms with van der Waals surface area (Å²) in [5, 5.41) is 8.92. The molecule has 1 fully saturated rings. The first-order chi connectivity index (χ1) is 9.47. The van der Waals surface area contributed by atoms with E-state index < -0.39 is 11.9 Å². The van der Waals surface area contributed by atoms with Gasteiger partial charge in [-0.2, -0.15) is 0 Å². The summed E-state index contributed by atoms with van der Waals surface area (Å²) < 4.78 is 0. The lowest BCUT2D eigenvalue weighted by Crippen LogP contribution is -2.31. The van der Waals surface area contributed by atoms with Gasteiger partial charge < -0.3 is 10.0 Å². The normalized spacial score (nSPS) is 18.1. The Labute approximate surface area is 117 Å². The summed E-state index contributed by atoms with van der Waals surface area (Å²) in [5.41, 5.74) is 1.45. The highest BCUT2D eigenvalue weighted by atomic mass is 16.4. The third kappa shape index (κ3) is 3.23. The van der Waals surface area contributed by atoms with Crippen LogP contribution >= 0.6 is 0 Å². The standard InChI is InChI=1S/C15H17NO4/c1-10(17)12-4-2-11(3-5-12)8-14(18)16-7-6-13(9-16)15(19)20/h2-5,13H,6-9H2,1H3,(H,19,20). The number of hydrogen-bond donors (Lipinski definition) is 1. The topological polar surface area (TPSA) is 74.7 Å². The molecule has 1 amide bonds. The maximum absolute atomic E-state index is 12.1. The van der Waals surface area contributed by atoms with Gasteiger partial charge in [-0.15, -0.1) is 0 Å². The van der Waals surface area contributed by atoms with Crippen molar-refractivity contribution in [2.45, 2.75) is 19.8 Å². The van der Waals surface area contributed by atoms with Crippen molar-refractivity contribution < 1.29 is 19.5 Å². The second kappa shape index (κ2) is 5.86. The van der Waals surface area contributed by atoms with Crippen LogP contribution in [0.15, 0.2) is 24.3 Å². The molecule has 1 saturated heterocycles. The summed E-state index contributed by atoms with van der Waals surface area (Å²) in [6, 6.07) is 6.93. The Balaban J connectivity index is 1.95. The maximum atomic E-state index is 12.1. The predicted molar refractivity (Wildman–Crippen MR) is 72.5 cm³/mol. The second-order valence-corrected chi connectivity index (χ2v) is 5.09. The number of likely N-dealkylation sites (tertiary alicyclic amines) is 1. The molecular weight excluding hydrogens is 258 g/mol. The fourth-order valence-electron chi connectivity index (χ4n) is 2.33. The molecule has 1 aliphatic rings. The number of aliphatic carboxylic acids is 1. The second-order valence-electron chi connectivity index (χ2n) is 5.09. The van der Waals surface area contributed by atoms with E-state index in [1.165, 1.54) is 6.92 Å². The lowest BCUT2D eigenvalue weighted by atomic mass is 10.1. The van der Waals surface area contributed by atoms with Crippen molar-refractivity contribution >= 4 is 17.7 Å². The van der Waals surface area contributed by atoms with Crippen molar-refractivity contribution in [2.75, 3.05) is 13.1 Å². The van der Waals surface area contributed by atoms with Gasteiger partial charge in [0.25, 0.3) is 0 Å². The molecule has 1 heterocycles. The van der Waals surface area contributed by atoms with E-state index in [0.717, 1.165) is 5.56 Å². The molecule has 0 aromatic heterocycles. The van der Waals surface area contributed by atoms with Gasteiger partial charge >= 0.3 is 5.97 Å². The van der Waals surface area contributed by atoms with Crippen LogP contribution in [-0.2, 0) is 16.0 Å². The molecule has 0 bridgehead atoms. The monoisotopic (exact) mass is 275 g/mol. The van der Waals surface area contributed by atoms with Crippen molar-refractivity contribution in [2.24, 2.45) is 5.92 Å². The number of Topliss-reactive ketones (excluding diaryl/α,β-unsaturated/α-hetero) is 1. The number of amides is 1. The minimum atomic E-state index is -0.842. The summed E-state index contributed by atoms with van der Waals surface area (Å²) in [7, 11) is 0. The summed E-state index contributed by atoms with van der Waals surface area (Å²) in [6.45, 7) is 2.29. The molecule has 1 aliphatic heterocycles. The Morgan fingerprint density at radius 2 is 1.90 bits per heavy atom. The highest BCUT2D eigenvalue weighted by molar-refractivity contribution is 5.94. The SMILES string of the molecule is CC(=O)c1ccc(CC(=O)N2CCC(C(=O)O)C2)cc1. The van der Waals surface area contributed by atoms with Crippen LogP contribution in [0, 0.1) is 5.92 Å². The van der Waals surface area contributed by atoms with Crippen LogP contribution in [0.25, 0.3) is 0 Å². The number of ketones is 1. The Hall–Kier alpha value is -2.17. The van der Waals surface area contributed by atoms with Crippen LogP contribution < -0.4 is 0 Å². The first kappa shape index (κ1) is 14.2. The van der Waals surface area contributed by atoms with E-state index >= 15 is 0 Å². The Morgan fingerprint density at radius 3 is 2.40 bits per heavy atom. The fourth-order valence-corrected chi connectivity index (χ4v) is 2.33. The number of nitrogens with zero attached hydrogens (tertiary/aromatic N) is 1. The average molecular weight is 275 g/mol. The molecule has 5 nitrogen and oxygen atoms in total. The van der Waals surface area contributed by atoms with E-state index in [1.54, 1.807) is 29.2 Å². The number of carbonyl (C=O) groups excluding carboxylic acids is 2. The Kier molecular flexibility index (Phi) is 4.17. The highest BCUT2D eigenvalue weighted by Gasteiger charge is 2.30. The molecule has 0 spiro atoms. The third-order valence-electron chi connectivity index (χ3n) is 3.61. The average Bonchev–Trinajstić information content (AvgIpc) is 2.89. The molecule has 2 rings (SSSR count). The van der Waals surface area contributed by atoms with E-state index in [1.807, 2.05) is 0 Å². The molecule has 1 aromatic carbocycles. The molecule has 0 aliphatic carbocycles. The maximum Gasteiger partial charge on any atom is 0.308 e. The smallest absolute Gasteiger partial charge is 0.308 e. The molecule has 1 aromatic rings. The van der Waals surface area contributed by atoms with Crippen LogP contribution in [0.1, 0.15) is 29.3 Å². The van der Waals surface area contributed by atoms with Gasteiger partial charge in [0, 0.05) is 18.7 Å². The number of benzene rings is 1. The summed E-state index contributed by atoms with van der Waals surface area (Å²) in [4.78, 5) is 35.7. The minimum Gasteiger partial charge on any atom is -0.481 e. The van der Waals surface area contributed by atoms with Crippen molar-refractivity contribution in [3.05, 3.63) is 35.4 Å². The van der Waals surface area contributed by atoms with Crippen LogP contribution in [0.3, 0.4) is 0 Å². The molecule has 5 heteroatoms. The molecule has 106 valence electrons. The first-order valence-electron chi connectivity index (χ1n) is 6.58. The number of rotatable bonds is 4. The largest absolute Gasteiger partial charge is 0.481 e. The van der Waals surface area contributed by atoms with Gasteiger partial charge in [-0.1, -0.05) is 24.3 Å². The Morgan fingerprint density at radius 1 is 1.25 bits per heavy atom. The summed E-state index contributed by atoms with van der Waals surface area (Å²) in [5.74, 6) is -1.36. The van der Waals surface area contributed by atoms with Crippen molar-refractivity contribution in [3.63, 3.8) is 0 Å². The van der Waals surface area contributed by atoms with E-state index in [0.29, 0.717) is 25.1 Å². The Bertz CT molecular complexity index is 535. The summed E-state index contributed by atoms with van der Waals surface area (Å²) in [6.07, 6.45) is 0.759. The van der Waals surface area contributed by atoms with Gasteiger partial charge in [0.05, 0.1) is 12.3 Å². The van der Waals surface area contributed by atoms with Gasteiger partial charge in [-0.3, -0.25) is 14.4 Å². The molecule has 0 radical (unpaired) electrons. The zero-order valence-electron chi connectivity index (χ0n) is 11.3. The summed E-state index contributed by atoms with van der Waals surface area (Å²) >= 11 is 0. The number of carboxylic acids is 1. The van der Waals surface area contributed by atoms with Gasteiger partial charge in [0.15, 0.2) is 5.78 Å². The predicted octanol–water partition coefficient (Wildman–Crippen LogP) is 1.36. The van der Waals surface area contributed by atoms with Crippen molar-refractivity contribution in [3.8, 4) is 0 Å². The molecule has 20 heavy (non-hydrogen) atoms. The zero-order valence-corrected chi connectivity index (χ0v) is 11.3. The minimum absolute atomic E-state index is 0.00767. The number of carboxylic acid groups (broad SMARTS) is 1. The molecule has 1 atom stereocenters. The van der Waals surface area contributed by atoms with Crippen LogP contribution in [0.5, 0.6) is 0 Å². The zero-order chi connectivity index (χ0) is 14.7. The third-order valence-corrected chi connectivity index (χ3v) is 3.61. The fraction of sp³-hybridized carbons (Fsp3) is 0.400. The lowest BCUT2D eigenvalue weighted by Gasteiger charge is -2.15. The number of carbonyl (C=O) groups is 3. The van der Waals surface area contributed by atoms with Crippen LogP contribution in [0.2, 0.25) is 0 Å². The van der Waals surface area contributed by atoms with Gasteiger partial charge in [0.2, 0.25) is 5.91 Å². The molecular formula is C15H17NO4. The van der Waals surface area contributed by atoms with E-state index in [4.69, 9.17) is 5.11 Å². The van der Waals surface area contributed by atoms with E-state index in [2.05, 4.69) is 0 Å². The molecule has 1 unspecified atom stereocenters. The van der Waals surface area contributed by atoms with Crippen LogP contribution in [-0.4, -0.2) is 40.8 Å². The van der Waals surface area contributed by atoms with Gasteiger partial charge in [0.1, 0.15) is 0 Å². The van der Waals surface area contributed by atoms with Gasteiger partial charge in [-0.25, -0.2) is 0 Å². The van der Waals surface area contributed by atoms with Crippen LogP contribution in [0.4, 0.5) is 0 Å². The van der Waals surface area contributed by atoms with Crippen molar-refractivity contribution in [1.29, 1.82) is 0 Å². The van der Waals surface area contributed by atoms with E-state index in [-0.39, 0.29) is 18.1 Å². The lowest BCUT2D eigenvalue weighted by molar-refractivity contribution is -0.141. The quantitative estimate of drug-likeness (QED) is 0.842. The molecule has 1 N–H and O–H groups in total. The molecule has 0 saturated carbocycles. The van der Waals surface area contributed by atoms with Gasteiger partial charge in [-0.05, 0) is 18.9 Å². The first-order valence-corrected chi connectivity index (χ1v) is 6.58.